The van der Waals surface area contributed by atoms with Crippen molar-refractivity contribution < 1.29 is 5.11 Å². The van der Waals surface area contributed by atoms with Gasteiger partial charge in [-0.25, -0.2) is 0 Å². The van der Waals surface area contributed by atoms with Crippen LogP contribution in [-0.2, 0) is 6.42 Å². The Balaban J connectivity index is 1.39. The molecule has 1 spiro atoms. The van der Waals surface area contributed by atoms with Gasteiger partial charge in [-0.15, -0.1) is 0 Å². The van der Waals surface area contributed by atoms with Crippen molar-refractivity contribution in [3.8, 4) is 0 Å². The number of hydrogen-bond donors (Lipinski definition) is 4. The average Bonchev–Trinajstić information content (AvgIpc) is 3.35. The fourth-order valence-electron chi connectivity index (χ4n) is 9.03. The quantitative estimate of drug-likeness (QED) is 0.338. The number of nitrogens with one attached hydrogen (secondary N) is 3. The predicted octanol–water partition coefficient (Wildman–Crippen LogP) is 5.94. The van der Waals surface area contributed by atoms with E-state index in [-0.39, 0.29) is 17.5 Å². The zero-order chi connectivity index (χ0) is 27.0. The second kappa shape index (κ2) is 11.2. The highest BCUT2D eigenvalue weighted by molar-refractivity contribution is 5.85. The van der Waals surface area contributed by atoms with Crippen LogP contribution in [0.15, 0.2) is 60.2 Å². The van der Waals surface area contributed by atoms with E-state index in [0.29, 0.717) is 5.92 Å². The minimum atomic E-state index is -0.883. The molecule has 0 saturated carbocycles. The van der Waals surface area contributed by atoms with Gasteiger partial charge in [0.1, 0.15) is 0 Å². The molecule has 4 N–H and O–H groups in total. The van der Waals surface area contributed by atoms with E-state index in [4.69, 9.17) is 0 Å². The summed E-state index contributed by atoms with van der Waals surface area (Å²) < 4.78 is 0. The minimum absolute atomic E-state index is 0.0337. The molecule has 5 nitrogen and oxygen atoms in total. The van der Waals surface area contributed by atoms with Gasteiger partial charge in [-0.2, -0.15) is 0 Å². The van der Waals surface area contributed by atoms with E-state index in [0.717, 1.165) is 64.7 Å². The first kappa shape index (κ1) is 26.7. The maximum Gasteiger partial charge on any atom is 0.0992 e. The van der Waals surface area contributed by atoms with E-state index in [9.17, 15) is 5.11 Å². The number of aromatic amines is 1. The lowest BCUT2D eigenvalue weighted by atomic mass is 9.52. The molecule has 0 amide bonds. The highest BCUT2D eigenvalue weighted by Crippen LogP contribution is 2.56. The monoisotopic (exact) mass is 540 g/mol. The van der Waals surface area contributed by atoms with Gasteiger partial charge in [0.05, 0.1) is 11.6 Å². The van der Waals surface area contributed by atoms with Gasteiger partial charge in [0.2, 0.25) is 0 Å². The maximum absolute atomic E-state index is 12.9. The Kier molecular flexibility index (Phi) is 7.51. The summed E-state index contributed by atoms with van der Waals surface area (Å²) in [5.41, 5.74) is 4.56. The Hall–Kier alpha value is -2.18. The molecule has 214 valence electrons. The summed E-state index contributed by atoms with van der Waals surface area (Å²) >= 11 is 0. The first-order valence-corrected chi connectivity index (χ1v) is 16.2. The van der Waals surface area contributed by atoms with Gasteiger partial charge in [-0.3, -0.25) is 0 Å². The van der Waals surface area contributed by atoms with Crippen molar-refractivity contribution in [2.45, 2.75) is 88.3 Å². The van der Waals surface area contributed by atoms with E-state index in [2.05, 4.69) is 75.2 Å². The van der Waals surface area contributed by atoms with Gasteiger partial charge in [-0.05, 0) is 113 Å². The van der Waals surface area contributed by atoms with Crippen LogP contribution in [0, 0.1) is 11.3 Å². The predicted molar refractivity (Wildman–Crippen MR) is 164 cm³/mol. The molecule has 2 aromatic rings. The summed E-state index contributed by atoms with van der Waals surface area (Å²) in [6.45, 7) is 5.36. The summed E-state index contributed by atoms with van der Waals surface area (Å²) in [5, 5.41) is 22.2. The molecule has 3 bridgehead atoms. The molecular weight excluding hydrogens is 492 g/mol. The van der Waals surface area contributed by atoms with E-state index >= 15 is 0 Å². The normalized spacial score (nSPS) is 38.6. The van der Waals surface area contributed by atoms with Gasteiger partial charge in [0.15, 0.2) is 0 Å². The molecule has 1 saturated heterocycles. The van der Waals surface area contributed by atoms with Gasteiger partial charge in [0, 0.05) is 41.1 Å². The minimum Gasteiger partial charge on any atom is -0.384 e. The molecule has 5 aliphatic rings. The van der Waals surface area contributed by atoms with Crippen LogP contribution in [0.2, 0.25) is 0 Å². The molecule has 40 heavy (non-hydrogen) atoms. The number of fused-ring (bicyclic) bond motifs is 4. The second-order valence-corrected chi connectivity index (χ2v) is 13.3. The van der Waals surface area contributed by atoms with Gasteiger partial charge in [-0.1, -0.05) is 48.6 Å². The third kappa shape index (κ3) is 4.73. The number of benzene rings is 1. The van der Waals surface area contributed by atoms with Gasteiger partial charge in [0.25, 0.3) is 0 Å². The molecule has 1 aromatic heterocycles. The number of para-hydroxylation sites is 1. The van der Waals surface area contributed by atoms with Crippen molar-refractivity contribution in [3.05, 3.63) is 71.5 Å². The molecule has 1 aliphatic carbocycles. The summed E-state index contributed by atoms with van der Waals surface area (Å²) in [5.74, 6) is 0.432. The molecule has 6 atom stereocenters. The standard InChI is InChI=1S/C35H48N4O/c40-35-19-11-5-1-2-7-13-22-39-23-17-29(34(25-39)18-10-4-3-6-12-20-37-33(34)35)28(24-35)31-32-27(16-21-36-31)26-14-8-9-15-30(26)38-32/h1,4-5,8-10,14-15,24,29,31,33,36-38,40H,2-3,6-7,11-13,16-23,25H2/b5-1-,10-4-/t29-,31-,33+,34-,35-/m0/s1. The molecule has 1 unspecified atom stereocenters. The fraction of sp³-hybridized carbons (Fsp3) is 0.600. The van der Waals surface area contributed by atoms with E-state index in [1.165, 1.54) is 66.4 Å². The molecule has 5 heteroatoms. The highest BCUT2D eigenvalue weighted by atomic mass is 16.3. The number of aliphatic hydroxyl groups is 1. The van der Waals surface area contributed by atoms with Crippen LogP contribution >= 0.6 is 0 Å². The molecule has 1 aromatic carbocycles. The molecule has 5 heterocycles. The third-order valence-corrected chi connectivity index (χ3v) is 10.8. The van der Waals surface area contributed by atoms with Crippen LogP contribution in [-0.4, -0.2) is 59.4 Å². The third-order valence-electron chi connectivity index (χ3n) is 10.8. The molecule has 7 rings (SSSR count). The number of nitrogens with zero attached hydrogens (tertiary/aromatic N) is 1. The average molecular weight is 541 g/mol. The van der Waals surface area contributed by atoms with E-state index < -0.39 is 5.60 Å². The number of H-pyrrole nitrogens is 1. The zero-order valence-electron chi connectivity index (χ0n) is 24.1. The van der Waals surface area contributed by atoms with Crippen molar-refractivity contribution in [3.63, 3.8) is 0 Å². The Morgan fingerprint density at radius 3 is 2.67 bits per heavy atom. The lowest BCUT2D eigenvalue weighted by Crippen LogP contribution is -2.69. The largest absolute Gasteiger partial charge is 0.384 e. The van der Waals surface area contributed by atoms with Crippen molar-refractivity contribution in [1.29, 1.82) is 0 Å². The Labute approximate surface area is 240 Å². The number of rotatable bonds is 1. The van der Waals surface area contributed by atoms with Crippen LogP contribution in [0.25, 0.3) is 10.9 Å². The molecular formula is C35H48N4O. The van der Waals surface area contributed by atoms with Crippen LogP contribution in [0.1, 0.15) is 81.5 Å². The lowest BCUT2D eigenvalue weighted by molar-refractivity contribution is -0.0856. The van der Waals surface area contributed by atoms with Gasteiger partial charge < -0.3 is 25.6 Å². The molecule has 1 fully saturated rings. The van der Waals surface area contributed by atoms with Crippen molar-refractivity contribution in [2.24, 2.45) is 11.3 Å². The number of hydrogen-bond acceptors (Lipinski definition) is 4. The van der Waals surface area contributed by atoms with E-state index in [1.54, 1.807) is 0 Å². The molecule has 4 aliphatic heterocycles. The fourth-order valence-corrected chi connectivity index (χ4v) is 9.03. The Bertz CT molecular complexity index is 1290. The molecule has 0 radical (unpaired) electrons. The summed E-state index contributed by atoms with van der Waals surface area (Å²) in [4.78, 5) is 6.60. The van der Waals surface area contributed by atoms with Gasteiger partial charge >= 0.3 is 0 Å². The smallest absolute Gasteiger partial charge is 0.0992 e. The van der Waals surface area contributed by atoms with Crippen molar-refractivity contribution >= 4 is 10.9 Å². The first-order valence-electron chi connectivity index (χ1n) is 16.2. The number of allylic oxidation sites excluding steroid dienone is 4. The van der Waals surface area contributed by atoms with E-state index in [1.807, 2.05) is 0 Å². The SMILES string of the molecule is O[C@]12C=C([C@@H]3NCCc4c3[nH]c3ccccc43)[C@@H]3CCN(CCCC/C=C\CC1)C[C@@]31C/C=C\CCCCN[C@H]12. The summed E-state index contributed by atoms with van der Waals surface area (Å²) in [7, 11) is 0. The maximum atomic E-state index is 12.9. The van der Waals surface area contributed by atoms with Crippen LogP contribution in [0.4, 0.5) is 0 Å². The van der Waals surface area contributed by atoms with Crippen LogP contribution in [0.5, 0.6) is 0 Å². The van der Waals surface area contributed by atoms with Crippen molar-refractivity contribution in [1.82, 2.24) is 20.5 Å². The van der Waals surface area contributed by atoms with Crippen LogP contribution in [0.3, 0.4) is 0 Å². The highest BCUT2D eigenvalue weighted by Gasteiger charge is 2.59. The second-order valence-electron chi connectivity index (χ2n) is 13.3. The first-order chi connectivity index (χ1) is 19.7. The van der Waals surface area contributed by atoms with Crippen LogP contribution < -0.4 is 10.6 Å². The topological polar surface area (TPSA) is 63.3 Å². The Morgan fingerprint density at radius 1 is 0.875 bits per heavy atom. The Morgan fingerprint density at radius 2 is 1.73 bits per heavy atom. The summed E-state index contributed by atoms with van der Waals surface area (Å²) in [6, 6.07) is 8.98. The van der Waals surface area contributed by atoms with Crippen molar-refractivity contribution in [2.75, 3.05) is 32.7 Å². The lowest BCUT2D eigenvalue weighted by Gasteiger charge is -2.60. The zero-order valence-corrected chi connectivity index (χ0v) is 24.1. The summed E-state index contributed by atoms with van der Waals surface area (Å²) in [6.07, 6.45) is 24.2. The number of piperidine rings is 1. The number of aromatic nitrogens is 1.